The molecule has 2 heterocycles. The molecule has 3 aromatic carbocycles. The minimum atomic E-state index is -1.17. The van der Waals surface area contributed by atoms with Gasteiger partial charge in [-0.1, -0.05) is 62.2 Å². The van der Waals surface area contributed by atoms with Crippen LogP contribution < -0.4 is 4.74 Å². The number of rotatable bonds is 9. The van der Waals surface area contributed by atoms with E-state index in [0.29, 0.717) is 31.1 Å². The second-order valence-corrected chi connectivity index (χ2v) is 11.7. The van der Waals surface area contributed by atoms with E-state index >= 15 is 0 Å². The van der Waals surface area contributed by atoms with Gasteiger partial charge in [0.2, 0.25) is 5.90 Å². The first-order valence-electron chi connectivity index (χ1n) is 13.4. The number of benzene rings is 3. The lowest BCUT2D eigenvalue weighted by Crippen LogP contribution is -2.53. The zero-order valence-corrected chi connectivity index (χ0v) is 24.9. The number of aliphatic hydroxyl groups is 1. The van der Waals surface area contributed by atoms with Crippen LogP contribution in [0.3, 0.4) is 0 Å². The Hall–Kier alpha value is -2.68. The molecule has 2 aliphatic rings. The van der Waals surface area contributed by atoms with Crippen molar-refractivity contribution in [3.05, 3.63) is 98.4 Å². The molecular weight excluding hydrogens is 624 g/mol. The maximum Gasteiger partial charge on any atom is 0.255 e. The molecule has 0 radical (unpaired) electrons. The number of hydrogen-bond acceptors (Lipinski definition) is 5. The van der Waals surface area contributed by atoms with Gasteiger partial charge in [-0.05, 0) is 67.3 Å². The average Bonchev–Trinajstić information content (AvgIpc) is 3.35. The highest BCUT2D eigenvalue weighted by atomic mass is 79.9. The summed E-state index contributed by atoms with van der Waals surface area (Å²) in [5.74, 6) is 1.16. The number of aliphatic hydroxyl groups excluding tert-OH is 1. The molecule has 1 saturated heterocycles. The molecule has 39 heavy (non-hydrogen) atoms. The molecule has 6 nitrogen and oxygen atoms in total. The van der Waals surface area contributed by atoms with E-state index in [1.54, 1.807) is 0 Å². The minimum absolute atomic E-state index is 0.00447. The summed E-state index contributed by atoms with van der Waals surface area (Å²) >= 11 is 7.25. The Bertz CT molecular complexity index is 1310. The first-order chi connectivity index (χ1) is 19.0. The number of piperidine rings is 1. The number of hydrogen-bond donors (Lipinski definition) is 1. The SMILES string of the molecule is O=C(N1CCCCC1)[C@]1(Cc2ccc(Br)cc2)N=C(c2ccc(OCCCO)cc2)O[C@@H]1c1ccccc1Br. The van der Waals surface area contributed by atoms with Crippen LogP contribution in [0, 0.1) is 0 Å². The van der Waals surface area contributed by atoms with Crippen LogP contribution in [0.1, 0.15) is 48.5 Å². The zero-order valence-electron chi connectivity index (χ0n) is 21.7. The third-order valence-electron chi connectivity index (χ3n) is 7.22. The predicted octanol–water partition coefficient (Wildman–Crippen LogP) is 6.48. The fraction of sp³-hybridized carbons (Fsp3) is 0.355. The van der Waals surface area contributed by atoms with E-state index in [1.165, 1.54) is 0 Å². The summed E-state index contributed by atoms with van der Waals surface area (Å²) in [6.07, 6.45) is 3.50. The number of carbonyl (C=O) groups is 1. The smallest absolute Gasteiger partial charge is 0.255 e. The van der Waals surface area contributed by atoms with E-state index < -0.39 is 11.6 Å². The Morgan fingerprint density at radius 2 is 1.72 bits per heavy atom. The largest absolute Gasteiger partial charge is 0.494 e. The Morgan fingerprint density at radius 1 is 1.00 bits per heavy atom. The van der Waals surface area contributed by atoms with Crippen molar-refractivity contribution < 1.29 is 19.4 Å². The summed E-state index contributed by atoms with van der Waals surface area (Å²) in [4.78, 5) is 21.7. The van der Waals surface area contributed by atoms with Crippen molar-refractivity contribution >= 4 is 43.7 Å². The average molecular weight is 656 g/mol. The van der Waals surface area contributed by atoms with Gasteiger partial charge >= 0.3 is 0 Å². The first kappa shape index (κ1) is 27.9. The van der Waals surface area contributed by atoms with Crippen LogP contribution >= 0.6 is 31.9 Å². The van der Waals surface area contributed by atoms with Crippen molar-refractivity contribution in [1.82, 2.24) is 4.90 Å². The van der Waals surface area contributed by atoms with Crippen LogP contribution in [0.25, 0.3) is 0 Å². The number of ether oxygens (including phenoxy) is 2. The monoisotopic (exact) mass is 654 g/mol. The molecule has 5 rings (SSSR count). The van der Waals surface area contributed by atoms with Crippen LogP contribution in [0.2, 0.25) is 0 Å². The molecule has 3 aromatic rings. The van der Waals surface area contributed by atoms with Crippen molar-refractivity contribution in [3.63, 3.8) is 0 Å². The third kappa shape index (κ3) is 6.23. The normalized spacial score (nSPS) is 20.8. The van der Waals surface area contributed by atoms with Gasteiger partial charge in [-0.3, -0.25) is 4.79 Å². The molecule has 1 amide bonds. The molecule has 0 spiro atoms. The lowest BCUT2D eigenvalue weighted by atomic mass is 9.81. The van der Waals surface area contributed by atoms with Gasteiger partial charge in [-0.2, -0.15) is 0 Å². The number of amides is 1. The number of carbonyl (C=O) groups excluding carboxylic acids is 1. The summed E-state index contributed by atoms with van der Waals surface area (Å²) in [5, 5.41) is 9.03. The summed E-state index contributed by atoms with van der Waals surface area (Å²) in [6.45, 7) is 1.99. The van der Waals surface area contributed by atoms with Gasteiger partial charge in [0, 0.05) is 52.6 Å². The van der Waals surface area contributed by atoms with Crippen LogP contribution in [0.5, 0.6) is 5.75 Å². The van der Waals surface area contributed by atoms with E-state index in [-0.39, 0.29) is 12.5 Å². The molecule has 1 fully saturated rings. The first-order valence-corrected chi connectivity index (χ1v) is 15.0. The predicted molar refractivity (Wildman–Crippen MR) is 159 cm³/mol. The topological polar surface area (TPSA) is 71.4 Å². The molecule has 8 heteroatoms. The third-order valence-corrected chi connectivity index (χ3v) is 8.48. The molecule has 2 aliphatic heterocycles. The molecule has 0 bridgehead atoms. The highest BCUT2D eigenvalue weighted by Gasteiger charge is 2.55. The second kappa shape index (κ2) is 12.7. The van der Waals surface area contributed by atoms with E-state index in [9.17, 15) is 4.79 Å². The van der Waals surface area contributed by atoms with Crippen molar-refractivity contribution in [2.45, 2.75) is 43.7 Å². The van der Waals surface area contributed by atoms with Gasteiger partial charge in [0.05, 0.1) is 6.61 Å². The number of halogens is 2. The lowest BCUT2D eigenvalue weighted by molar-refractivity contribution is -0.140. The Balaban J connectivity index is 1.59. The van der Waals surface area contributed by atoms with Crippen molar-refractivity contribution in [3.8, 4) is 5.75 Å². The highest BCUT2D eigenvalue weighted by Crippen LogP contribution is 2.45. The van der Waals surface area contributed by atoms with Crippen LogP contribution in [0.15, 0.2) is 86.7 Å². The van der Waals surface area contributed by atoms with E-state index in [2.05, 4.69) is 31.9 Å². The number of likely N-dealkylation sites (tertiary alicyclic amines) is 1. The van der Waals surface area contributed by atoms with E-state index in [0.717, 1.165) is 58.0 Å². The van der Waals surface area contributed by atoms with Gasteiger partial charge in [-0.25, -0.2) is 4.99 Å². The fourth-order valence-electron chi connectivity index (χ4n) is 5.22. The maximum absolute atomic E-state index is 14.5. The molecule has 204 valence electrons. The minimum Gasteiger partial charge on any atom is -0.494 e. The molecule has 0 saturated carbocycles. The summed E-state index contributed by atoms with van der Waals surface area (Å²) in [6, 6.07) is 23.5. The van der Waals surface area contributed by atoms with Gasteiger partial charge in [0.25, 0.3) is 5.91 Å². The molecule has 2 atom stereocenters. The van der Waals surface area contributed by atoms with Gasteiger partial charge in [-0.15, -0.1) is 0 Å². The summed E-state index contributed by atoms with van der Waals surface area (Å²) in [7, 11) is 0. The maximum atomic E-state index is 14.5. The Kier molecular flexibility index (Phi) is 9.05. The quantitative estimate of drug-likeness (QED) is 0.268. The zero-order chi connectivity index (χ0) is 27.2. The van der Waals surface area contributed by atoms with Crippen LogP contribution in [-0.4, -0.2) is 53.7 Å². The number of aliphatic imine (C=N–C) groups is 1. The van der Waals surface area contributed by atoms with Crippen molar-refractivity contribution in [1.29, 1.82) is 0 Å². The molecular formula is C31H32Br2N2O4. The van der Waals surface area contributed by atoms with E-state index in [4.69, 9.17) is 19.6 Å². The molecule has 1 N–H and O–H groups in total. The molecule has 0 unspecified atom stereocenters. The highest BCUT2D eigenvalue weighted by molar-refractivity contribution is 9.10. The molecule has 0 aromatic heterocycles. The Labute approximate surface area is 246 Å². The standard InChI is InChI=1S/C31H32Br2N2O4/c32-24-13-9-22(10-14-24)21-31(30(37)35-17-4-1-5-18-35)28(26-7-2-3-8-27(26)33)39-29(34-31)23-11-15-25(16-12-23)38-20-6-19-36/h2-3,7-16,28,36H,1,4-6,17-21H2/t28-,31-/m1/s1. The van der Waals surface area contributed by atoms with Gasteiger partial charge < -0.3 is 19.5 Å². The summed E-state index contributed by atoms with van der Waals surface area (Å²) in [5.41, 5.74) is 1.52. The van der Waals surface area contributed by atoms with Crippen LogP contribution in [-0.2, 0) is 16.0 Å². The second-order valence-electron chi connectivity index (χ2n) is 9.97. The van der Waals surface area contributed by atoms with Gasteiger partial charge in [0.1, 0.15) is 5.75 Å². The lowest BCUT2D eigenvalue weighted by Gasteiger charge is -2.37. The van der Waals surface area contributed by atoms with Crippen molar-refractivity contribution in [2.24, 2.45) is 4.99 Å². The van der Waals surface area contributed by atoms with E-state index in [1.807, 2.05) is 77.7 Å². The van der Waals surface area contributed by atoms with Gasteiger partial charge in [0.15, 0.2) is 11.6 Å². The Morgan fingerprint density at radius 3 is 2.41 bits per heavy atom. The van der Waals surface area contributed by atoms with Crippen LogP contribution in [0.4, 0.5) is 0 Å². The fourth-order valence-corrected chi connectivity index (χ4v) is 5.97. The molecule has 0 aliphatic carbocycles. The number of nitrogens with zero attached hydrogens (tertiary/aromatic N) is 2. The van der Waals surface area contributed by atoms with Crippen molar-refractivity contribution in [2.75, 3.05) is 26.3 Å². The summed E-state index contributed by atoms with van der Waals surface area (Å²) < 4.78 is 14.2.